The summed E-state index contributed by atoms with van der Waals surface area (Å²) in [6.45, 7) is 10.0. The molecular weight excluding hydrogens is 302 g/mol. The molecule has 0 radical (unpaired) electrons. The summed E-state index contributed by atoms with van der Waals surface area (Å²) in [4.78, 5) is 6.73. The summed E-state index contributed by atoms with van der Waals surface area (Å²) in [5, 5.41) is 10.9. The molecule has 3 rings (SSSR count). The SMILES string of the molecule is CCC(C)(CNCc1cn[nH]c1-c1cccnc1)N1CCOCC1. The summed E-state index contributed by atoms with van der Waals surface area (Å²) in [6.07, 6.45) is 6.65. The number of pyridine rings is 1. The Morgan fingerprint density at radius 3 is 2.88 bits per heavy atom. The minimum Gasteiger partial charge on any atom is -0.379 e. The summed E-state index contributed by atoms with van der Waals surface area (Å²) in [5.41, 5.74) is 3.43. The van der Waals surface area contributed by atoms with Gasteiger partial charge in [-0.3, -0.25) is 15.0 Å². The van der Waals surface area contributed by atoms with Crippen molar-refractivity contribution in [1.29, 1.82) is 0 Å². The maximum absolute atomic E-state index is 5.49. The lowest BCUT2D eigenvalue weighted by atomic mass is 9.95. The molecule has 3 heterocycles. The van der Waals surface area contributed by atoms with Crippen LogP contribution in [-0.2, 0) is 11.3 Å². The van der Waals surface area contributed by atoms with Gasteiger partial charge in [0.2, 0.25) is 0 Å². The van der Waals surface area contributed by atoms with Crippen LogP contribution < -0.4 is 5.32 Å². The van der Waals surface area contributed by atoms with E-state index >= 15 is 0 Å². The third-order valence-corrected chi connectivity index (χ3v) is 5.03. The number of rotatable bonds is 7. The Balaban J connectivity index is 1.61. The molecule has 1 fully saturated rings. The van der Waals surface area contributed by atoms with E-state index in [2.05, 4.69) is 39.2 Å². The number of morpholine rings is 1. The van der Waals surface area contributed by atoms with Crippen LogP contribution in [0.3, 0.4) is 0 Å². The molecule has 0 saturated carbocycles. The second-order valence-electron chi connectivity index (χ2n) is 6.57. The van der Waals surface area contributed by atoms with E-state index in [1.54, 1.807) is 6.20 Å². The predicted octanol–water partition coefficient (Wildman–Crippen LogP) is 2.06. The van der Waals surface area contributed by atoms with Crippen molar-refractivity contribution in [3.63, 3.8) is 0 Å². The molecule has 0 aromatic carbocycles. The smallest absolute Gasteiger partial charge is 0.0710 e. The van der Waals surface area contributed by atoms with Crippen LogP contribution >= 0.6 is 0 Å². The molecule has 1 unspecified atom stereocenters. The van der Waals surface area contributed by atoms with E-state index in [0.29, 0.717) is 0 Å². The molecule has 2 aromatic rings. The third-order valence-electron chi connectivity index (χ3n) is 5.03. The summed E-state index contributed by atoms with van der Waals surface area (Å²) in [5.74, 6) is 0. The molecule has 1 atom stereocenters. The van der Waals surface area contributed by atoms with Crippen molar-refractivity contribution in [2.45, 2.75) is 32.4 Å². The van der Waals surface area contributed by atoms with Gasteiger partial charge in [-0.1, -0.05) is 6.92 Å². The van der Waals surface area contributed by atoms with Crippen LogP contribution in [0.25, 0.3) is 11.3 Å². The zero-order valence-electron chi connectivity index (χ0n) is 14.6. The standard InChI is InChI=1S/C18H27N5O/c1-3-18(2,23-7-9-24-10-8-23)14-20-12-16-13-21-22-17(16)15-5-4-6-19-11-15/h4-6,11,13,20H,3,7-10,12,14H2,1-2H3,(H,21,22). The van der Waals surface area contributed by atoms with Crippen molar-refractivity contribution in [1.82, 2.24) is 25.4 Å². The molecule has 0 amide bonds. The Morgan fingerprint density at radius 1 is 1.33 bits per heavy atom. The first-order chi connectivity index (χ1) is 11.7. The molecule has 24 heavy (non-hydrogen) atoms. The van der Waals surface area contributed by atoms with E-state index in [9.17, 15) is 0 Å². The summed E-state index contributed by atoms with van der Waals surface area (Å²) in [6, 6.07) is 3.99. The molecule has 0 spiro atoms. The first-order valence-corrected chi connectivity index (χ1v) is 8.69. The highest BCUT2D eigenvalue weighted by atomic mass is 16.5. The van der Waals surface area contributed by atoms with Crippen molar-refractivity contribution in [2.75, 3.05) is 32.8 Å². The molecule has 130 valence electrons. The fraction of sp³-hybridized carbons (Fsp3) is 0.556. The Kier molecular flexibility index (Phi) is 5.60. The van der Waals surface area contributed by atoms with Gasteiger partial charge in [-0.15, -0.1) is 0 Å². The quantitative estimate of drug-likeness (QED) is 0.814. The number of hydrogen-bond donors (Lipinski definition) is 2. The first-order valence-electron chi connectivity index (χ1n) is 8.69. The van der Waals surface area contributed by atoms with Crippen LogP contribution in [0, 0.1) is 0 Å². The van der Waals surface area contributed by atoms with Gasteiger partial charge in [-0.2, -0.15) is 5.10 Å². The molecule has 0 bridgehead atoms. The largest absolute Gasteiger partial charge is 0.379 e. The van der Waals surface area contributed by atoms with Crippen LogP contribution in [0.2, 0.25) is 0 Å². The lowest BCUT2D eigenvalue weighted by molar-refractivity contribution is -0.0175. The molecular formula is C18H27N5O. The van der Waals surface area contributed by atoms with Crippen molar-refractivity contribution < 1.29 is 4.74 Å². The highest BCUT2D eigenvalue weighted by Gasteiger charge is 2.30. The van der Waals surface area contributed by atoms with Crippen LogP contribution in [0.5, 0.6) is 0 Å². The van der Waals surface area contributed by atoms with Crippen LogP contribution in [0.15, 0.2) is 30.7 Å². The zero-order valence-corrected chi connectivity index (χ0v) is 14.6. The Bertz CT molecular complexity index is 623. The average Bonchev–Trinajstić information content (AvgIpc) is 3.11. The average molecular weight is 329 g/mol. The Morgan fingerprint density at radius 2 is 2.17 bits per heavy atom. The number of aromatic nitrogens is 3. The molecule has 6 nitrogen and oxygen atoms in total. The van der Waals surface area contributed by atoms with Gasteiger partial charge >= 0.3 is 0 Å². The van der Waals surface area contributed by atoms with Gasteiger partial charge in [-0.25, -0.2) is 0 Å². The molecule has 1 aliphatic rings. The molecule has 0 aliphatic carbocycles. The van der Waals surface area contributed by atoms with Gasteiger partial charge in [0.1, 0.15) is 0 Å². The number of ether oxygens (including phenoxy) is 1. The second-order valence-corrected chi connectivity index (χ2v) is 6.57. The molecule has 2 N–H and O–H groups in total. The van der Waals surface area contributed by atoms with Gasteiger partial charge < -0.3 is 10.1 Å². The number of H-pyrrole nitrogens is 1. The van der Waals surface area contributed by atoms with Gasteiger partial charge in [0.05, 0.1) is 25.1 Å². The predicted molar refractivity (Wildman–Crippen MR) is 94.6 cm³/mol. The normalized spacial score (nSPS) is 18.4. The Labute approximate surface area is 143 Å². The lowest BCUT2D eigenvalue weighted by Gasteiger charge is -2.43. The molecule has 2 aromatic heterocycles. The van der Waals surface area contributed by atoms with Crippen LogP contribution in [-0.4, -0.2) is 58.5 Å². The number of nitrogens with one attached hydrogen (secondary N) is 2. The summed E-state index contributed by atoms with van der Waals surface area (Å²) < 4.78 is 5.49. The molecule has 1 saturated heterocycles. The maximum Gasteiger partial charge on any atom is 0.0710 e. The highest BCUT2D eigenvalue weighted by molar-refractivity contribution is 5.61. The van der Waals surface area contributed by atoms with Gasteiger partial charge in [0.15, 0.2) is 0 Å². The summed E-state index contributed by atoms with van der Waals surface area (Å²) in [7, 11) is 0. The van der Waals surface area contributed by atoms with Crippen molar-refractivity contribution in [2.24, 2.45) is 0 Å². The third kappa shape index (κ3) is 3.83. The minimum absolute atomic E-state index is 0.155. The van der Waals surface area contributed by atoms with Crippen LogP contribution in [0.1, 0.15) is 25.8 Å². The monoisotopic (exact) mass is 329 g/mol. The molecule has 6 heteroatoms. The first kappa shape index (κ1) is 17.1. The molecule has 1 aliphatic heterocycles. The Hall–Kier alpha value is -1.76. The minimum atomic E-state index is 0.155. The number of hydrogen-bond acceptors (Lipinski definition) is 5. The number of nitrogens with zero attached hydrogens (tertiary/aromatic N) is 3. The van der Waals surface area contributed by atoms with E-state index in [0.717, 1.165) is 57.1 Å². The topological polar surface area (TPSA) is 66.1 Å². The fourth-order valence-electron chi connectivity index (χ4n) is 3.24. The van der Waals surface area contributed by atoms with E-state index in [-0.39, 0.29) is 5.54 Å². The van der Waals surface area contributed by atoms with Gasteiger partial charge in [-0.05, 0) is 25.5 Å². The lowest BCUT2D eigenvalue weighted by Crippen LogP contribution is -2.56. The maximum atomic E-state index is 5.49. The van der Waals surface area contributed by atoms with E-state index in [1.807, 2.05) is 24.5 Å². The zero-order chi connectivity index (χ0) is 16.8. The van der Waals surface area contributed by atoms with E-state index in [1.165, 1.54) is 5.56 Å². The van der Waals surface area contributed by atoms with E-state index < -0.39 is 0 Å². The second kappa shape index (κ2) is 7.88. The number of aromatic amines is 1. The fourth-order valence-corrected chi connectivity index (χ4v) is 3.24. The van der Waals surface area contributed by atoms with E-state index in [4.69, 9.17) is 4.74 Å². The van der Waals surface area contributed by atoms with Crippen molar-refractivity contribution in [3.8, 4) is 11.3 Å². The highest BCUT2D eigenvalue weighted by Crippen LogP contribution is 2.22. The summed E-state index contributed by atoms with van der Waals surface area (Å²) >= 11 is 0. The van der Waals surface area contributed by atoms with Crippen molar-refractivity contribution in [3.05, 3.63) is 36.3 Å². The van der Waals surface area contributed by atoms with Gasteiger partial charge in [0, 0.05) is 55.2 Å². The van der Waals surface area contributed by atoms with Crippen molar-refractivity contribution >= 4 is 0 Å². The van der Waals surface area contributed by atoms with Crippen LogP contribution in [0.4, 0.5) is 0 Å². The van der Waals surface area contributed by atoms with Gasteiger partial charge in [0.25, 0.3) is 0 Å².